The molecule has 3 rings (SSSR count). The largest absolute Gasteiger partial charge is 0.497 e. The lowest BCUT2D eigenvalue weighted by molar-refractivity contribution is 0.180. The van der Waals surface area contributed by atoms with E-state index < -0.39 is 6.10 Å². The Morgan fingerprint density at radius 2 is 1.90 bits per heavy atom. The van der Waals surface area contributed by atoms with Crippen LogP contribution in [-0.2, 0) is 0 Å². The van der Waals surface area contributed by atoms with Gasteiger partial charge >= 0.3 is 0 Å². The van der Waals surface area contributed by atoms with Crippen LogP contribution in [0.4, 0.5) is 0 Å². The lowest BCUT2D eigenvalue weighted by Gasteiger charge is -2.27. The first-order valence-corrected chi connectivity index (χ1v) is 10.7. The van der Waals surface area contributed by atoms with Crippen molar-refractivity contribution in [3.8, 4) is 5.75 Å². The van der Waals surface area contributed by atoms with Gasteiger partial charge in [-0.15, -0.1) is 24.0 Å². The summed E-state index contributed by atoms with van der Waals surface area (Å²) in [7, 11) is 1.70. The number of likely N-dealkylation sites (tertiary alicyclic amines) is 1. The number of aliphatic hydroxyl groups is 1. The third-order valence-electron chi connectivity index (χ3n) is 5.38. The van der Waals surface area contributed by atoms with Crippen molar-refractivity contribution in [1.82, 2.24) is 20.5 Å². The first-order chi connectivity index (χ1) is 14.7. The molecule has 2 heterocycles. The summed E-state index contributed by atoms with van der Waals surface area (Å²) in [6.45, 7) is 5.97. The second-order valence-electron chi connectivity index (χ2n) is 7.43. The molecule has 1 saturated heterocycles. The number of pyridine rings is 1. The number of halogens is 1. The Kier molecular flexibility index (Phi) is 11.0. The Labute approximate surface area is 202 Å². The van der Waals surface area contributed by atoms with Crippen molar-refractivity contribution in [3.05, 3.63) is 59.9 Å². The molecule has 0 bridgehead atoms. The molecule has 1 aliphatic rings. The van der Waals surface area contributed by atoms with Gasteiger partial charge in [0.1, 0.15) is 5.75 Å². The van der Waals surface area contributed by atoms with Gasteiger partial charge in [-0.2, -0.15) is 0 Å². The molecular weight excluding hydrogens is 505 g/mol. The molecule has 1 aromatic carbocycles. The van der Waals surface area contributed by atoms with Gasteiger partial charge < -0.3 is 20.5 Å². The average molecular weight is 539 g/mol. The van der Waals surface area contributed by atoms with Crippen LogP contribution >= 0.6 is 24.0 Å². The van der Waals surface area contributed by atoms with Gasteiger partial charge in [0.2, 0.25) is 0 Å². The van der Waals surface area contributed by atoms with Gasteiger partial charge in [-0.25, -0.2) is 0 Å². The fourth-order valence-electron chi connectivity index (χ4n) is 3.75. The van der Waals surface area contributed by atoms with Crippen LogP contribution in [0.15, 0.2) is 53.8 Å². The molecule has 1 aromatic heterocycles. The average Bonchev–Trinajstić information content (AvgIpc) is 3.32. The number of hydrogen-bond acceptors (Lipinski definition) is 5. The van der Waals surface area contributed by atoms with Gasteiger partial charge in [-0.05, 0) is 68.2 Å². The van der Waals surface area contributed by atoms with E-state index in [1.54, 1.807) is 19.5 Å². The number of aromatic nitrogens is 1. The van der Waals surface area contributed by atoms with Gasteiger partial charge in [0, 0.05) is 25.5 Å². The summed E-state index contributed by atoms with van der Waals surface area (Å²) in [4.78, 5) is 11.3. The van der Waals surface area contributed by atoms with Gasteiger partial charge in [0.05, 0.1) is 25.8 Å². The topological polar surface area (TPSA) is 82.0 Å². The molecule has 2 unspecified atom stereocenters. The standard InChI is InChI=1S/C23H33N5O2.HI/c1-3-25-23(27-17-22(29)18-9-11-24-12-10-18)26-16-21(28-13-4-5-14-28)19-7-6-8-20(15-19)30-2;/h6-12,15,21-22,29H,3-5,13-14,16-17H2,1-2H3,(H2,25,26,27);1H. The number of aliphatic imine (C=N–C) groups is 1. The van der Waals surface area contributed by atoms with E-state index in [1.165, 1.54) is 18.4 Å². The first-order valence-electron chi connectivity index (χ1n) is 10.7. The highest BCUT2D eigenvalue weighted by molar-refractivity contribution is 14.0. The zero-order valence-electron chi connectivity index (χ0n) is 18.3. The van der Waals surface area contributed by atoms with Crippen LogP contribution in [0, 0.1) is 0 Å². The van der Waals surface area contributed by atoms with E-state index in [1.807, 2.05) is 31.2 Å². The number of ether oxygens (including phenoxy) is 1. The Bertz CT molecular complexity index is 800. The monoisotopic (exact) mass is 539 g/mol. The van der Waals surface area contributed by atoms with E-state index in [0.29, 0.717) is 19.0 Å². The highest BCUT2D eigenvalue weighted by atomic mass is 127. The van der Waals surface area contributed by atoms with E-state index in [4.69, 9.17) is 9.73 Å². The molecule has 7 nitrogen and oxygen atoms in total. The zero-order chi connectivity index (χ0) is 21.2. The highest BCUT2D eigenvalue weighted by Gasteiger charge is 2.24. The predicted molar refractivity (Wildman–Crippen MR) is 135 cm³/mol. The normalized spacial score (nSPS) is 16.3. The smallest absolute Gasteiger partial charge is 0.191 e. The maximum atomic E-state index is 10.4. The predicted octanol–water partition coefficient (Wildman–Crippen LogP) is 3.13. The van der Waals surface area contributed by atoms with Crippen molar-refractivity contribution in [3.63, 3.8) is 0 Å². The molecule has 170 valence electrons. The van der Waals surface area contributed by atoms with E-state index in [0.717, 1.165) is 30.9 Å². The van der Waals surface area contributed by atoms with Crippen molar-refractivity contribution in [1.29, 1.82) is 0 Å². The number of rotatable bonds is 9. The molecule has 31 heavy (non-hydrogen) atoms. The minimum Gasteiger partial charge on any atom is -0.497 e. The van der Waals surface area contributed by atoms with Crippen LogP contribution in [0.3, 0.4) is 0 Å². The van der Waals surface area contributed by atoms with Crippen molar-refractivity contribution in [2.75, 3.05) is 39.8 Å². The van der Waals surface area contributed by atoms with Crippen LogP contribution in [0.2, 0.25) is 0 Å². The summed E-state index contributed by atoms with van der Waals surface area (Å²) in [6.07, 6.45) is 5.20. The third kappa shape index (κ3) is 7.62. The van der Waals surface area contributed by atoms with Gasteiger partial charge in [0.25, 0.3) is 0 Å². The van der Waals surface area contributed by atoms with Crippen LogP contribution < -0.4 is 15.4 Å². The molecule has 1 aliphatic heterocycles. The highest BCUT2D eigenvalue weighted by Crippen LogP contribution is 2.27. The lowest BCUT2D eigenvalue weighted by atomic mass is 10.1. The molecule has 2 aromatic rings. The SMILES string of the molecule is CCNC(=NCC(c1cccc(OC)c1)N1CCCC1)NCC(O)c1ccncc1.I. The van der Waals surface area contributed by atoms with Crippen molar-refractivity contribution < 1.29 is 9.84 Å². The number of nitrogens with zero attached hydrogens (tertiary/aromatic N) is 3. The molecule has 0 amide bonds. The van der Waals surface area contributed by atoms with Gasteiger partial charge in [-0.1, -0.05) is 12.1 Å². The Hall–Kier alpha value is -1.91. The maximum absolute atomic E-state index is 10.4. The molecule has 0 radical (unpaired) electrons. The van der Waals surface area contributed by atoms with Crippen LogP contribution in [-0.4, -0.2) is 60.8 Å². The first kappa shape index (κ1) is 25.4. The fourth-order valence-corrected chi connectivity index (χ4v) is 3.75. The zero-order valence-corrected chi connectivity index (χ0v) is 20.7. The van der Waals surface area contributed by atoms with Gasteiger partial charge in [0.15, 0.2) is 5.96 Å². The summed E-state index contributed by atoms with van der Waals surface area (Å²) in [5.41, 5.74) is 2.05. The number of guanidine groups is 1. The van der Waals surface area contributed by atoms with Crippen LogP contribution in [0.1, 0.15) is 43.0 Å². The summed E-state index contributed by atoms with van der Waals surface area (Å²) in [5.74, 6) is 1.57. The number of benzene rings is 1. The summed E-state index contributed by atoms with van der Waals surface area (Å²) in [6, 6.07) is 12.1. The Balaban J connectivity index is 0.00000341. The van der Waals surface area contributed by atoms with E-state index in [-0.39, 0.29) is 30.0 Å². The maximum Gasteiger partial charge on any atom is 0.191 e. The number of nitrogens with one attached hydrogen (secondary N) is 2. The van der Waals surface area contributed by atoms with Crippen molar-refractivity contribution >= 4 is 29.9 Å². The molecular formula is C23H34IN5O2. The molecule has 2 atom stereocenters. The fraction of sp³-hybridized carbons (Fsp3) is 0.478. The van der Waals surface area contributed by atoms with Crippen LogP contribution in [0.5, 0.6) is 5.75 Å². The Morgan fingerprint density at radius 3 is 2.58 bits per heavy atom. The number of hydrogen-bond donors (Lipinski definition) is 3. The quantitative estimate of drug-likeness (QED) is 0.258. The summed E-state index contributed by atoms with van der Waals surface area (Å²) in [5, 5.41) is 17.0. The molecule has 0 aliphatic carbocycles. The van der Waals surface area contributed by atoms with Crippen LogP contribution in [0.25, 0.3) is 0 Å². The van der Waals surface area contributed by atoms with Crippen molar-refractivity contribution in [2.24, 2.45) is 4.99 Å². The molecule has 3 N–H and O–H groups in total. The number of aliphatic hydroxyl groups excluding tert-OH is 1. The van der Waals surface area contributed by atoms with E-state index in [9.17, 15) is 5.11 Å². The van der Waals surface area contributed by atoms with E-state index >= 15 is 0 Å². The minimum atomic E-state index is -0.621. The summed E-state index contributed by atoms with van der Waals surface area (Å²) < 4.78 is 5.43. The van der Waals surface area contributed by atoms with Gasteiger partial charge in [-0.3, -0.25) is 14.9 Å². The Morgan fingerprint density at radius 1 is 1.16 bits per heavy atom. The number of methoxy groups -OCH3 is 1. The summed E-state index contributed by atoms with van der Waals surface area (Å²) >= 11 is 0. The second kappa shape index (κ2) is 13.5. The minimum absolute atomic E-state index is 0. The second-order valence-corrected chi connectivity index (χ2v) is 7.43. The molecule has 0 saturated carbocycles. The van der Waals surface area contributed by atoms with E-state index in [2.05, 4.69) is 32.7 Å². The molecule has 0 spiro atoms. The molecule has 1 fully saturated rings. The third-order valence-corrected chi connectivity index (χ3v) is 5.38. The van der Waals surface area contributed by atoms with Crippen molar-refractivity contribution in [2.45, 2.75) is 31.9 Å². The lowest BCUT2D eigenvalue weighted by Crippen LogP contribution is -2.40. The molecule has 8 heteroatoms.